The van der Waals surface area contributed by atoms with E-state index in [9.17, 15) is 4.79 Å². The number of nitrogens with zero attached hydrogens (tertiary/aromatic N) is 2. The molecular formula is C14H18N4O. The second-order valence-corrected chi connectivity index (χ2v) is 4.57. The Morgan fingerprint density at radius 1 is 1.42 bits per heavy atom. The lowest BCUT2D eigenvalue weighted by Crippen LogP contribution is -2.33. The second-order valence-electron chi connectivity index (χ2n) is 4.57. The molecule has 1 aromatic carbocycles. The molecule has 2 aromatic rings. The minimum atomic E-state index is -0.0294. The summed E-state index contributed by atoms with van der Waals surface area (Å²) in [5.41, 5.74) is 8.55. The lowest BCUT2D eigenvalue weighted by Gasteiger charge is -2.21. The number of nitrogens with two attached hydrogens (primary N) is 1. The molecule has 0 saturated heterocycles. The Kier molecular flexibility index (Phi) is 3.55. The van der Waals surface area contributed by atoms with E-state index in [1.54, 1.807) is 13.2 Å². The molecule has 1 aromatic heterocycles. The Hall–Kier alpha value is -2.30. The van der Waals surface area contributed by atoms with E-state index in [4.69, 9.17) is 5.73 Å². The van der Waals surface area contributed by atoms with Gasteiger partial charge < -0.3 is 16.0 Å². The van der Waals surface area contributed by atoms with E-state index in [1.165, 1.54) is 0 Å². The predicted octanol–water partition coefficient (Wildman–Crippen LogP) is 1.31. The van der Waals surface area contributed by atoms with Gasteiger partial charge >= 0.3 is 0 Å². The first kappa shape index (κ1) is 13.1. The van der Waals surface area contributed by atoms with Crippen molar-refractivity contribution in [1.82, 2.24) is 10.3 Å². The largest absolute Gasteiger partial charge is 0.398 e. The normalized spacial score (nSPS) is 10.5. The quantitative estimate of drug-likeness (QED) is 0.814. The van der Waals surface area contributed by atoms with Gasteiger partial charge in [0.05, 0.1) is 6.54 Å². The zero-order valence-corrected chi connectivity index (χ0v) is 11.4. The number of anilines is 2. The molecule has 0 bridgehead atoms. The van der Waals surface area contributed by atoms with Gasteiger partial charge in [-0.15, -0.1) is 0 Å². The Balaban J connectivity index is 2.51. The summed E-state index contributed by atoms with van der Waals surface area (Å²) in [5, 5.41) is 4.54. The molecule has 0 radical (unpaired) electrons. The maximum absolute atomic E-state index is 11.5. The molecular weight excluding hydrogens is 240 g/mol. The van der Waals surface area contributed by atoms with Gasteiger partial charge in [0.15, 0.2) is 0 Å². The van der Waals surface area contributed by atoms with Crippen molar-refractivity contribution >= 4 is 28.1 Å². The number of nitrogen functional groups attached to an aromatic ring is 1. The van der Waals surface area contributed by atoms with Crippen molar-refractivity contribution in [3.63, 3.8) is 0 Å². The van der Waals surface area contributed by atoms with Crippen LogP contribution in [-0.2, 0) is 4.79 Å². The van der Waals surface area contributed by atoms with Crippen LogP contribution in [0.2, 0.25) is 0 Å². The SMILES string of the molecule is CNC(=O)CN(C)c1ccc(N)c2cnc(C)cc12. The Labute approximate surface area is 112 Å². The maximum Gasteiger partial charge on any atom is 0.239 e. The number of hydrogen-bond donors (Lipinski definition) is 2. The van der Waals surface area contributed by atoms with Crippen molar-refractivity contribution in [2.75, 3.05) is 31.3 Å². The van der Waals surface area contributed by atoms with E-state index in [0.717, 1.165) is 22.2 Å². The number of carbonyl (C=O) groups is 1. The number of fused-ring (bicyclic) bond motifs is 1. The monoisotopic (exact) mass is 258 g/mol. The van der Waals surface area contributed by atoms with Gasteiger partial charge in [-0.05, 0) is 25.1 Å². The van der Waals surface area contributed by atoms with Gasteiger partial charge in [0.25, 0.3) is 0 Å². The van der Waals surface area contributed by atoms with E-state index in [0.29, 0.717) is 12.2 Å². The molecule has 0 unspecified atom stereocenters. The van der Waals surface area contributed by atoms with Crippen LogP contribution in [-0.4, -0.2) is 31.5 Å². The molecule has 2 rings (SSSR count). The standard InChI is InChI=1S/C14H18N4O/c1-9-6-10-11(7-17-9)12(15)4-5-13(10)18(3)8-14(19)16-2/h4-7H,8,15H2,1-3H3,(H,16,19). The number of amides is 1. The highest BCUT2D eigenvalue weighted by atomic mass is 16.1. The van der Waals surface area contributed by atoms with Crippen molar-refractivity contribution in [3.8, 4) is 0 Å². The summed E-state index contributed by atoms with van der Waals surface area (Å²) < 4.78 is 0. The van der Waals surface area contributed by atoms with Crippen molar-refractivity contribution in [3.05, 3.63) is 30.1 Å². The molecule has 5 nitrogen and oxygen atoms in total. The highest BCUT2D eigenvalue weighted by molar-refractivity contribution is 6.01. The highest BCUT2D eigenvalue weighted by Crippen LogP contribution is 2.30. The Morgan fingerprint density at radius 3 is 2.84 bits per heavy atom. The van der Waals surface area contributed by atoms with Crippen molar-refractivity contribution < 1.29 is 4.79 Å². The topological polar surface area (TPSA) is 71.2 Å². The van der Waals surface area contributed by atoms with Gasteiger partial charge in [-0.2, -0.15) is 0 Å². The third kappa shape index (κ3) is 2.59. The minimum Gasteiger partial charge on any atom is -0.398 e. The molecule has 0 saturated carbocycles. The number of likely N-dealkylation sites (N-methyl/N-ethyl adjacent to an activating group) is 2. The van der Waals surface area contributed by atoms with Crippen molar-refractivity contribution in [1.29, 1.82) is 0 Å². The van der Waals surface area contributed by atoms with Gasteiger partial charge in [0.2, 0.25) is 5.91 Å². The van der Waals surface area contributed by atoms with Crippen LogP contribution in [0.25, 0.3) is 10.8 Å². The first-order chi connectivity index (χ1) is 9.02. The first-order valence-electron chi connectivity index (χ1n) is 6.09. The zero-order valence-electron chi connectivity index (χ0n) is 11.4. The Bertz CT molecular complexity index is 624. The highest BCUT2D eigenvalue weighted by Gasteiger charge is 2.11. The lowest BCUT2D eigenvalue weighted by molar-refractivity contribution is -0.119. The van der Waals surface area contributed by atoms with Gasteiger partial charge in [-0.1, -0.05) is 0 Å². The van der Waals surface area contributed by atoms with Crippen LogP contribution in [0.5, 0.6) is 0 Å². The number of nitrogens with one attached hydrogen (secondary N) is 1. The molecule has 0 atom stereocenters. The molecule has 0 fully saturated rings. The van der Waals surface area contributed by atoms with Crippen LogP contribution in [0, 0.1) is 6.92 Å². The molecule has 19 heavy (non-hydrogen) atoms. The van der Waals surface area contributed by atoms with Gasteiger partial charge in [-0.3, -0.25) is 9.78 Å². The molecule has 0 aliphatic heterocycles. The number of hydrogen-bond acceptors (Lipinski definition) is 4. The average molecular weight is 258 g/mol. The van der Waals surface area contributed by atoms with Crippen LogP contribution in [0.3, 0.4) is 0 Å². The fourth-order valence-electron chi connectivity index (χ4n) is 2.06. The molecule has 3 N–H and O–H groups in total. The fraction of sp³-hybridized carbons (Fsp3) is 0.286. The number of benzene rings is 1. The van der Waals surface area contributed by atoms with Crippen LogP contribution in [0.15, 0.2) is 24.4 Å². The zero-order chi connectivity index (χ0) is 14.0. The maximum atomic E-state index is 11.5. The predicted molar refractivity (Wildman–Crippen MR) is 78.2 cm³/mol. The minimum absolute atomic E-state index is 0.0294. The third-order valence-electron chi connectivity index (χ3n) is 3.12. The summed E-state index contributed by atoms with van der Waals surface area (Å²) >= 11 is 0. The molecule has 100 valence electrons. The second kappa shape index (κ2) is 5.14. The van der Waals surface area contributed by atoms with Gasteiger partial charge in [0, 0.05) is 48.1 Å². The number of rotatable bonds is 3. The van der Waals surface area contributed by atoms with Gasteiger partial charge in [-0.25, -0.2) is 0 Å². The number of aryl methyl sites for hydroxylation is 1. The smallest absolute Gasteiger partial charge is 0.239 e. The van der Waals surface area contributed by atoms with E-state index >= 15 is 0 Å². The molecule has 0 aliphatic rings. The first-order valence-corrected chi connectivity index (χ1v) is 6.09. The van der Waals surface area contributed by atoms with Crippen molar-refractivity contribution in [2.45, 2.75) is 6.92 Å². The van der Waals surface area contributed by atoms with E-state index in [1.807, 2.05) is 37.1 Å². The van der Waals surface area contributed by atoms with Crippen LogP contribution in [0.1, 0.15) is 5.69 Å². The van der Waals surface area contributed by atoms with E-state index in [2.05, 4.69) is 10.3 Å². The fourth-order valence-corrected chi connectivity index (χ4v) is 2.06. The molecule has 0 aliphatic carbocycles. The summed E-state index contributed by atoms with van der Waals surface area (Å²) in [7, 11) is 3.52. The van der Waals surface area contributed by atoms with Crippen molar-refractivity contribution in [2.24, 2.45) is 0 Å². The summed E-state index contributed by atoms with van der Waals surface area (Å²) in [6, 6.07) is 5.76. The molecule has 5 heteroatoms. The lowest BCUT2D eigenvalue weighted by atomic mass is 10.1. The summed E-state index contributed by atoms with van der Waals surface area (Å²) in [6.07, 6.45) is 1.78. The van der Waals surface area contributed by atoms with Gasteiger partial charge in [0.1, 0.15) is 0 Å². The Morgan fingerprint density at radius 2 is 2.16 bits per heavy atom. The van der Waals surface area contributed by atoms with E-state index < -0.39 is 0 Å². The summed E-state index contributed by atoms with van der Waals surface area (Å²) in [5.74, 6) is -0.0294. The average Bonchev–Trinajstić information content (AvgIpc) is 2.38. The van der Waals surface area contributed by atoms with Crippen LogP contribution >= 0.6 is 0 Å². The summed E-state index contributed by atoms with van der Waals surface area (Å²) in [6.45, 7) is 2.24. The summed E-state index contributed by atoms with van der Waals surface area (Å²) in [4.78, 5) is 17.6. The molecule has 0 spiro atoms. The third-order valence-corrected chi connectivity index (χ3v) is 3.12. The number of aromatic nitrogens is 1. The number of carbonyl (C=O) groups excluding carboxylic acids is 1. The van der Waals surface area contributed by atoms with Crippen LogP contribution in [0.4, 0.5) is 11.4 Å². The number of pyridine rings is 1. The molecule has 1 amide bonds. The molecule has 1 heterocycles. The van der Waals surface area contributed by atoms with Crippen LogP contribution < -0.4 is 16.0 Å². The van der Waals surface area contributed by atoms with E-state index in [-0.39, 0.29) is 5.91 Å².